The minimum absolute atomic E-state index is 0.340. The van der Waals surface area contributed by atoms with Crippen LogP contribution < -0.4 is 0 Å². The first-order valence-corrected chi connectivity index (χ1v) is 5.25. The number of nitrogens with zero attached hydrogens (tertiary/aromatic N) is 1. The molecule has 4 nitrogen and oxygen atoms in total. The summed E-state index contributed by atoms with van der Waals surface area (Å²) in [5.74, 6) is -0.340. The van der Waals surface area contributed by atoms with Crippen LogP contribution in [-0.2, 0) is 4.74 Å². The van der Waals surface area contributed by atoms with Gasteiger partial charge in [-0.05, 0) is 19.1 Å². The molecule has 1 aromatic heterocycles. The second kappa shape index (κ2) is 5.30. The predicted molar refractivity (Wildman–Crippen MR) is 63.5 cm³/mol. The molecule has 0 aliphatic carbocycles. The van der Waals surface area contributed by atoms with E-state index < -0.39 is 0 Å². The lowest BCUT2D eigenvalue weighted by Crippen LogP contribution is -2.00. The van der Waals surface area contributed by atoms with E-state index in [9.17, 15) is 4.79 Å². The molecule has 0 fully saturated rings. The summed E-state index contributed by atoms with van der Waals surface area (Å²) in [5, 5.41) is 7.95. The summed E-state index contributed by atoms with van der Waals surface area (Å²) >= 11 is 0. The molecule has 86 valence electrons. The molecule has 1 N–H and O–H groups in total. The van der Waals surface area contributed by atoms with Gasteiger partial charge in [-0.3, -0.25) is 5.10 Å². The average molecular weight is 220 g/mol. The fraction of sp³-hybridized carbons (Fsp3) is 0.333. The van der Waals surface area contributed by atoms with Gasteiger partial charge in [0.05, 0.1) is 18.2 Å². The summed E-state index contributed by atoms with van der Waals surface area (Å²) in [6.07, 6.45) is 0. The number of fused-ring (bicyclic) bond motifs is 1. The maximum absolute atomic E-state index is 11.2. The minimum atomic E-state index is -0.340. The largest absolute Gasteiger partial charge is 0.465 e. The molecule has 0 aliphatic heterocycles. The van der Waals surface area contributed by atoms with E-state index in [-0.39, 0.29) is 5.97 Å². The normalized spacial score (nSPS) is 9.50. The van der Waals surface area contributed by atoms with Gasteiger partial charge in [0.25, 0.3) is 0 Å². The molecule has 2 rings (SSSR count). The van der Waals surface area contributed by atoms with Gasteiger partial charge >= 0.3 is 5.97 Å². The number of carbonyl (C=O) groups is 1. The van der Waals surface area contributed by atoms with Gasteiger partial charge in [0.1, 0.15) is 0 Å². The van der Waals surface area contributed by atoms with Crippen LogP contribution >= 0.6 is 0 Å². The number of aromatic amines is 1. The average Bonchev–Trinajstić information content (AvgIpc) is 2.72. The van der Waals surface area contributed by atoms with Crippen LogP contribution in [0.25, 0.3) is 10.9 Å². The molecule has 0 saturated carbocycles. The monoisotopic (exact) mass is 220 g/mol. The number of carbonyl (C=O) groups excluding carboxylic acids is 1. The summed E-state index contributed by atoms with van der Waals surface area (Å²) in [5.41, 5.74) is 2.30. The van der Waals surface area contributed by atoms with E-state index in [1.807, 2.05) is 26.8 Å². The lowest BCUT2D eigenvalue weighted by molar-refractivity contribution is 0.0601. The molecule has 0 unspecified atom stereocenters. The number of benzene rings is 1. The van der Waals surface area contributed by atoms with Crippen molar-refractivity contribution in [3.05, 3.63) is 29.5 Å². The number of aromatic nitrogens is 2. The van der Waals surface area contributed by atoms with Crippen molar-refractivity contribution in [2.45, 2.75) is 20.8 Å². The zero-order chi connectivity index (χ0) is 12.1. The summed E-state index contributed by atoms with van der Waals surface area (Å²) in [6.45, 7) is 5.94. The van der Waals surface area contributed by atoms with Crippen molar-refractivity contribution >= 4 is 16.9 Å². The van der Waals surface area contributed by atoms with Gasteiger partial charge in [0.2, 0.25) is 0 Å². The molecule has 0 bridgehead atoms. The van der Waals surface area contributed by atoms with Gasteiger partial charge in [0.15, 0.2) is 0 Å². The number of methoxy groups -OCH3 is 1. The van der Waals surface area contributed by atoms with Gasteiger partial charge in [0, 0.05) is 11.1 Å². The second-order valence-electron chi connectivity index (χ2n) is 3.07. The van der Waals surface area contributed by atoms with Crippen molar-refractivity contribution < 1.29 is 9.53 Å². The number of hydrogen-bond donors (Lipinski definition) is 1. The third-order valence-electron chi connectivity index (χ3n) is 2.17. The Morgan fingerprint density at radius 1 is 1.38 bits per heavy atom. The molecular formula is C12H16N2O2. The van der Waals surface area contributed by atoms with Gasteiger partial charge in [-0.15, -0.1) is 0 Å². The van der Waals surface area contributed by atoms with Crippen molar-refractivity contribution in [2.24, 2.45) is 0 Å². The van der Waals surface area contributed by atoms with Gasteiger partial charge in [-0.25, -0.2) is 4.79 Å². The number of hydrogen-bond acceptors (Lipinski definition) is 3. The Hall–Kier alpha value is -1.84. The quantitative estimate of drug-likeness (QED) is 0.752. The maximum Gasteiger partial charge on any atom is 0.337 e. The van der Waals surface area contributed by atoms with Crippen LogP contribution in [0.15, 0.2) is 18.2 Å². The lowest BCUT2D eigenvalue weighted by Gasteiger charge is -1.97. The number of esters is 1. The Morgan fingerprint density at radius 3 is 2.69 bits per heavy atom. The van der Waals surface area contributed by atoms with Crippen molar-refractivity contribution in [2.75, 3.05) is 7.11 Å². The van der Waals surface area contributed by atoms with Crippen LogP contribution in [0.5, 0.6) is 0 Å². The van der Waals surface area contributed by atoms with Gasteiger partial charge in [-0.2, -0.15) is 5.10 Å². The third kappa shape index (κ3) is 2.21. The van der Waals surface area contributed by atoms with Gasteiger partial charge < -0.3 is 4.74 Å². The Morgan fingerprint density at radius 2 is 2.06 bits per heavy atom. The van der Waals surface area contributed by atoms with Crippen LogP contribution in [0.3, 0.4) is 0 Å². The topological polar surface area (TPSA) is 55.0 Å². The van der Waals surface area contributed by atoms with Crippen molar-refractivity contribution in [1.82, 2.24) is 10.2 Å². The van der Waals surface area contributed by atoms with E-state index >= 15 is 0 Å². The highest BCUT2D eigenvalue weighted by molar-refractivity contribution is 5.94. The first-order chi connectivity index (χ1) is 7.72. The van der Waals surface area contributed by atoms with E-state index in [0.717, 1.165) is 16.6 Å². The molecule has 0 aliphatic rings. The fourth-order valence-electron chi connectivity index (χ4n) is 1.39. The zero-order valence-corrected chi connectivity index (χ0v) is 10.00. The van der Waals surface area contributed by atoms with Crippen LogP contribution in [0.2, 0.25) is 0 Å². The summed E-state index contributed by atoms with van der Waals surface area (Å²) in [6, 6.07) is 5.31. The van der Waals surface area contributed by atoms with Crippen molar-refractivity contribution in [1.29, 1.82) is 0 Å². The smallest absolute Gasteiger partial charge is 0.337 e. The summed E-state index contributed by atoms with van der Waals surface area (Å²) in [7, 11) is 1.36. The first kappa shape index (κ1) is 12.2. The first-order valence-electron chi connectivity index (χ1n) is 5.25. The highest BCUT2D eigenvalue weighted by atomic mass is 16.5. The third-order valence-corrected chi connectivity index (χ3v) is 2.17. The highest BCUT2D eigenvalue weighted by Gasteiger charge is 2.08. The summed E-state index contributed by atoms with van der Waals surface area (Å²) in [4.78, 5) is 11.2. The highest BCUT2D eigenvalue weighted by Crippen LogP contribution is 2.16. The molecule has 0 amide bonds. The molecule has 2 aromatic rings. The predicted octanol–water partition coefficient (Wildman–Crippen LogP) is 2.68. The number of aryl methyl sites for hydroxylation is 1. The lowest BCUT2D eigenvalue weighted by atomic mass is 10.1. The molecular weight excluding hydrogens is 204 g/mol. The Balaban J connectivity index is 0.000000606. The molecule has 4 heteroatoms. The SMILES string of the molecule is CC.COC(=O)c1ccc2c(C)[nH]nc2c1. The molecule has 16 heavy (non-hydrogen) atoms. The molecule has 0 radical (unpaired) electrons. The Labute approximate surface area is 94.6 Å². The molecule has 1 heterocycles. The molecule has 1 aromatic carbocycles. The standard InChI is InChI=1S/C10H10N2O2.C2H6/c1-6-8-4-3-7(10(13)14-2)5-9(8)12-11-6;1-2/h3-5H,1-2H3,(H,11,12);1-2H3. The van der Waals surface area contributed by atoms with Crippen molar-refractivity contribution in [3.63, 3.8) is 0 Å². The van der Waals surface area contributed by atoms with E-state index in [1.165, 1.54) is 7.11 Å². The molecule has 0 atom stereocenters. The van der Waals surface area contributed by atoms with Crippen LogP contribution in [0.4, 0.5) is 0 Å². The second-order valence-corrected chi connectivity index (χ2v) is 3.07. The Bertz CT molecular complexity index is 489. The van der Waals surface area contributed by atoms with Crippen molar-refractivity contribution in [3.8, 4) is 0 Å². The van der Waals surface area contributed by atoms with E-state index in [1.54, 1.807) is 12.1 Å². The van der Waals surface area contributed by atoms with E-state index in [2.05, 4.69) is 14.9 Å². The van der Waals surface area contributed by atoms with Crippen LogP contribution in [0, 0.1) is 6.92 Å². The number of H-pyrrole nitrogens is 1. The fourth-order valence-corrected chi connectivity index (χ4v) is 1.39. The van der Waals surface area contributed by atoms with Crippen LogP contribution in [0.1, 0.15) is 29.9 Å². The molecule has 0 saturated heterocycles. The maximum atomic E-state index is 11.2. The zero-order valence-electron chi connectivity index (χ0n) is 10.00. The van der Waals surface area contributed by atoms with E-state index in [4.69, 9.17) is 0 Å². The van der Waals surface area contributed by atoms with Gasteiger partial charge in [-0.1, -0.05) is 19.9 Å². The molecule has 0 spiro atoms. The number of rotatable bonds is 1. The summed E-state index contributed by atoms with van der Waals surface area (Å²) < 4.78 is 4.62. The Kier molecular flexibility index (Phi) is 4.05. The minimum Gasteiger partial charge on any atom is -0.465 e. The van der Waals surface area contributed by atoms with E-state index in [0.29, 0.717) is 5.56 Å². The number of nitrogens with one attached hydrogen (secondary N) is 1. The number of ether oxygens (including phenoxy) is 1. The van der Waals surface area contributed by atoms with Crippen LogP contribution in [-0.4, -0.2) is 23.3 Å².